The zero-order valence-corrected chi connectivity index (χ0v) is 13.7. The number of hydrogen-bond acceptors (Lipinski definition) is 4. The maximum atomic E-state index is 14.3. The summed E-state index contributed by atoms with van der Waals surface area (Å²) in [4.78, 5) is 20.3. The van der Waals surface area contributed by atoms with Crippen LogP contribution in [0.15, 0.2) is 35.4 Å². The average molecular weight is 322 g/mol. The fraction of sp³-hybridized carbons (Fsp3) is 0.235. The number of halogens is 1. The number of fused-ring (bicyclic) bond motifs is 1. The fourth-order valence-electron chi connectivity index (χ4n) is 2.70. The van der Waals surface area contributed by atoms with Crippen molar-refractivity contribution in [2.24, 2.45) is 7.05 Å². The first-order valence-electron chi connectivity index (χ1n) is 7.52. The van der Waals surface area contributed by atoms with Gasteiger partial charge in [0.05, 0.1) is 11.4 Å². The molecule has 0 unspecified atom stereocenters. The lowest BCUT2D eigenvalue weighted by Crippen LogP contribution is -2.33. The number of nitrogens with zero attached hydrogens (tertiary/aromatic N) is 3. The molecule has 2 radical (unpaired) electrons. The molecule has 1 N–H and O–H groups in total. The summed E-state index contributed by atoms with van der Waals surface area (Å²) in [6, 6.07) is 6.49. The molecule has 0 aliphatic carbocycles. The number of pyridine rings is 1. The molecule has 0 saturated heterocycles. The Balaban J connectivity index is 2.07. The van der Waals surface area contributed by atoms with Gasteiger partial charge in [-0.05, 0) is 30.9 Å². The van der Waals surface area contributed by atoms with E-state index in [-0.39, 0.29) is 22.9 Å². The van der Waals surface area contributed by atoms with Gasteiger partial charge in [-0.1, -0.05) is 18.2 Å². The van der Waals surface area contributed by atoms with Crippen LogP contribution in [0.25, 0.3) is 11.0 Å². The number of anilines is 1. The smallest absolute Gasteiger partial charge is 0.244 e. The first-order valence-corrected chi connectivity index (χ1v) is 7.52. The van der Waals surface area contributed by atoms with Crippen molar-refractivity contribution in [3.8, 4) is 0 Å². The van der Waals surface area contributed by atoms with Crippen molar-refractivity contribution in [2.45, 2.75) is 19.9 Å². The number of aryl methyl sites for hydroxylation is 2. The van der Waals surface area contributed by atoms with Gasteiger partial charge in [0.25, 0.3) is 0 Å². The Morgan fingerprint density at radius 3 is 2.83 bits per heavy atom. The second-order valence-electron chi connectivity index (χ2n) is 5.77. The van der Waals surface area contributed by atoms with Crippen molar-refractivity contribution in [1.82, 2.24) is 14.5 Å². The summed E-state index contributed by atoms with van der Waals surface area (Å²) in [6.07, 6.45) is 1.36. The van der Waals surface area contributed by atoms with E-state index < -0.39 is 0 Å². The van der Waals surface area contributed by atoms with Crippen molar-refractivity contribution in [3.63, 3.8) is 0 Å². The summed E-state index contributed by atoms with van der Waals surface area (Å²) in [5.74, 6) is 0.249. The van der Waals surface area contributed by atoms with Crippen LogP contribution in [0, 0.1) is 12.7 Å². The molecule has 3 aromatic rings. The minimum atomic E-state index is -0.318. The summed E-state index contributed by atoms with van der Waals surface area (Å²) < 4.78 is 15.7. The molecular formula is C17H16BFN4O. The van der Waals surface area contributed by atoms with Crippen molar-refractivity contribution < 1.29 is 4.39 Å². The van der Waals surface area contributed by atoms with Crippen LogP contribution in [-0.2, 0) is 7.05 Å². The molecule has 0 aliphatic heterocycles. The van der Waals surface area contributed by atoms with Gasteiger partial charge in [-0.15, -0.1) is 0 Å². The van der Waals surface area contributed by atoms with Crippen LogP contribution < -0.4 is 16.3 Å². The Morgan fingerprint density at radius 2 is 2.08 bits per heavy atom. The van der Waals surface area contributed by atoms with E-state index in [4.69, 9.17) is 7.85 Å². The number of rotatable bonds is 3. The van der Waals surface area contributed by atoms with Gasteiger partial charge >= 0.3 is 0 Å². The first kappa shape index (κ1) is 16.2. The highest BCUT2D eigenvalue weighted by Gasteiger charge is 2.15. The molecule has 3 rings (SSSR count). The molecule has 0 aliphatic rings. The molecule has 2 aromatic heterocycles. The van der Waals surface area contributed by atoms with E-state index in [2.05, 4.69) is 15.3 Å². The first-order chi connectivity index (χ1) is 11.4. The second-order valence-corrected chi connectivity index (χ2v) is 5.77. The van der Waals surface area contributed by atoms with Gasteiger partial charge in [0, 0.05) is 12.6 Å². The molecular weight excluding hydrogens is 306 g/mol. The third-order valence-corrected chi connectivity index (χ3v) is 4.07. The standard InChI is InChI=1S/C17H16BFN4O/c1-9-5-4-6-11(14(9)19)10(2)22-15-12-7-13(18)17(24)23(3)16(12)21-8-20-15/h4-8,10H,1-3H3,(H,20,21,22)/t10-/m1/s1. The van der Waals surface area contributed by atoms with Gasteiger partial charge in [-0.25, -0.2) is 14.4 Å². The monoisotopic (exact) mass is 322 g/mol. The molecule has 0 spiro atoms. The maximum Gasteiger partial charge on any atom is 0.244 e. The van der Waals surface area contributed by atoms with Crippen LogP contribution in [0.4, 0.5) is 10.2 Å². The highest BCUT2D eigenvalue weighted by atomic mass is 19.1. The van der Waals surface area contributed by atoms with E-state index in [0.717, 1.165) is 0 Å². The van der Waals surface area contributed by atoms with E-state index in [1.165, 1.54) is 10.9 Å². The molecule has 0 bridgehead atoms. The van der Waals surface area contributed by atoms with E-state index in [1.54, 1.807) is 32.2 Å². The van der Waals surface area contributed by atoms with E-state index >= 15 is 0 Å². The predicted molar refractivity (Wildman–Crippen MR) is 93.3 cm³/mol. The minimum absolute atomic E-state index is 0.109. The molecule has 120 valence electrons. The topological polar surface area (TPSA) is 59.8 Å². The zero-order valence-electron chi connectivity index (χ0n) is 13.7. The molecule has 0 saturated carbocycles. The van der Waals surface area contributed by atoms with Crippen LogP contribution >= 0.6 is 0 Å². The van der Waals surface area contributed by atoms with Crippen LogP contribution in [0.3, 0.4) is 0 Å². The van der Waals surface area contributed by atoms with Crippen LogP contribution in [0.2, 0.25) is 0 Å². The van der Waals surface area contributed by atoms with E-state index in [1.807, 2.05) is 13.0 Å². The lowest BCUT2D eigenvalue weighted by atomic mass is 9.97. The second kappa shape index (κ2) is 6.07. The number of nitrogens with one attached hydrogen (secondary N) is 1. The summed E-state index contributed by atoms with van der Waals surface area (Å²) in [7, 11) is 7.36. The summed E-state index contributed by atoms with van der Waals surface area (Å²) in [5.41, 5.74) is 1.38. The maximum absolute atomic E-state index is 14.3. The molecule has 2 heterocycles. The van der Waals surface area contributed by atoms with Crippen LogP contribution in [0.5, 0.6) is 0 Å². The molecule has 5 nitrogen and oxygen atoms in total. The van der Waals surface area contributed by atoms with Gasteiger partial charge in [0.15, 0.2) is 0 Å². The summed E-state index contributed by atoms with van der Waals surface area (Å²) in [6.45, 7) is 3.57. The largest absolute Gasteiger partial charge is 0.363 e. The van der Waals surface area contributed by atoms with Crippen molar-refractivity contribution in [2.75, 3.05) is 5.32 Å². The highest BCUT2D eigenvalue weighted by molar-refractivity contribution is 6.32. The quantitative estimate of drug-likeness (QED) is 0.746. The van der Waals surface area contributed by atoms with Gasteiger partial charge in [0.2, 0.25) is 5.56 Å². The predicted octanol–water partition coefficient (Wildman–Crippen LogP) is 1.74. The van der Waals surface area contributed by atoms with Gasteiger partial charge < -0.3 is 5.32 Å². The average Bonchev–Trinajstić information content (AvgIpc) is 2.56. The number of aromatic nitrogens is 3. The van der Waals surface area contributed by atoms with Crippen molar-refractivity contribution in [3.05, 3.63) is 57.9 Å². The van der Waals surface area contributed by atoms with Crippen molar-refractivity contribution >= 4 is 30.2 Å². The van der Waals surface area contributed by atoms with E-state index in [9.17, 15) is 9.18 Å². The Kier molecular flexibility index (Phi) is 4.09. The fourth-order valence-corrected chi connectivity index (χ4v) is 2.70. The van der Waals surface area contributed by atoms with Gasteiger partial charge in [-0.2, -0.15) is 0 Å². The third kappa shape index (κ3) is 2.66. The Labute approximate surface area is 140 Å². The number of hydrogen-bond donors (Lipinski definition) is 1. The Bertz CT molecular complexity index is 986. The Hall–Kier alpha value is -2.70. The lowest BCUT2D eigenvalue weighted by Gasteiger charge is -2.18. The molecule has 0 amide bonds. The highest BCUT2D eigenvalue weighted by Crippen LogP contribution is 2.25. The van der Waals surface area contributed by atoms with Gasteiger partial charge in [0.1, 0.15) is 31.5 Å². The SMILES string of the molecule is [B]c1cc2c(N[C@H](C)c3cccc(C)c3F)ncnc2n(C)c1=O. The summed E-state index contributed by atoms with van der Waals surface area (Å²) in [5, 5.41) is 3.79. The van der Waals surface area contributed by atoms with Crippen LogP contribution in [0.1, 0.15) is 24.1 Å². The zero-order chi connectivity index (χ0) is 17.4. The van der Waals surface area contributed by atoms with Crippen molar-refractivity contribution in [1.29, 1.82) is 0 Å². The molecule has 7 heteroatoms. The Morgan fingerprint density at radius 1 is 1.33 bits per heavy atom. The molecule has 1 atom stereocenters. The normalized spacial score (nSPS) is 12.3. The number of benzene rings is 1. The van der Waals surface area contributed by atoms with E-state index in [0.29, 0.717) is 28.0 Å². The lowest BCUT2D eigenvalue weighted by molar-refractivity contribution is 0.591. The molecule has 0 fully saturated rings. The third-order valence-electron chi connectivity index (χ3n) is 4.07. The molecule has 1 aromatic carbocycles. The summed E-state index contributed by atoms with van der Waals surface area (Å²) >= 11 is 0. The van der Waals surface area contributed by atoms with Gasteiger partial charge in [-0.3, -0.25) is 9.36 Å². The minimum Gasteiger partial charge on any atom is -0.363 e. The molecule has 24 heavy (non-hydrogen) atoms. The van der Waals surface area contributed by atoms with Crippen LogP contribution in [-0.4, -0.2) is 22.4 Å².